The van der Waals surface area contributed by atoms with Crippen molar-refractivity contribution in [3.63, 3.8) is 0 Å². The number of nitrogens with two attached hydrogens (primary N) is 1. The topological polar surface area (TPSA) is 55.6 Å². The number of carbonyl (C=O) groups excluding carboxylic acids is 1. The Kier molecular flexibility index (Phi) is 5.01. The molecule has 21 heavy (non-hydrogen) atoms. The molecule has 1 aromatic carbocycles. The third-order valence-corrected chi connectivity index (χ3v) is 3.96. The molecule has 2 N–H and O–H groups in total. The molecule has 1 heterocycles. The predicted octanol–water partition coefficient (Wildman–Crippen LogP) is 2.14. The van der Waals surface area contributed by atoms with E-state index >= 15 is 0 Å². The van der Waals surface area contributed by atoms with E-state index in [-0.39, 0.29) is 23.5 Å². The fourth-order valence-electron chi connectivity index (χ4n) is 3.04. The number of carbonyl (C=O) groups is 1. The van der Waals surface area contributed by atoms with Crippen LogP contribution >= 0.6 is 0 Å². The summed E-state index contributed by atoms with van der Waals surface area (Å²) in [6.07, 6.45) is 0.722. The smallest absolute Gasteiger partial charge is 0.230 e. The van der Waals surface area contributed by atoms with Gasteiger partial charge in [-0.3, -0.25) is 4.79 Å². The van der Waals surface area contributed by atoms with Crippen LogP contribution in [0.3, 0.4) is 0 Å². The number of nitrogens with zero attached hydrogens (tertiary/aromatic N) is 1. The second-order valence-electron chi connectivity index (χ2n) is 6.33. The number of benzene rings is 1. The average Bonchev–Trinajstić information content (AvgIpc) is 2.47. The van der Waals surface area contributed by atoms with E-state index in [1.165, 1.54) is 0 Å². The van der Waals surface area contributed by atoms with E-state index in [0.717, 1.165) is 12.0 Å². The molecule has 0 saturated carbocycles. The molecule has 4 heteroatoms. The van der Waals surface area contributed by atoms with Gasteiger partial charge in [0, 0.05) is 19.6 Å². The minimum absolute atomic E-state index is 0.0778. The molecule has 2 unspecified atom stereocenters. The first-order chi connectivity index (χ1) is 9.96. The van der Waals surface area contributed by atoms with Crippen molar-refractivity contribution in [1.29, 1.82) is 0 Å². The molecule has 1 aliphatic rings. The van der Waals surface area contributed by atoms with Gasteiger partial charge in [-0.2, -0.15) is 0 Å². The van der Waals surface area contributed by atoms with Crippen molar-refractivity contribution in [2.24, 2.45) is 5.73 Å². The fraction of sp³-hybridized carbons (Fsp3) is 0.588. The highest BCUT2D eigenvalue weighted by atomic mass is 16.5. The van der Waals surface area contributed by atoms with Gasteiger partial charge in [0.25, 0.3) is 0 Å². The van der Waals surface area contributed by atoms with E-state index in [1.54, 1.807) is 0 Å². The molecular formula is C17H26N2O2. The third-order valence-electron chi connectivity index (χ3n) is 3.96. The summed E-state index contributed by atoms with van der Waals surface area (Å²) in [6, 6.07) is 9.99. The number of morpholine rings is 1. The zero-order valence-electron chi connectivity index (χ0n) is 13.2. The zero-order chi connectivity index (χ0) is 15.5. The first-order valence-corrected chi connectivity index (χ1v) is 7.68. The van der Waals surface area contributed by atoms with E-state index in [9.17, 15) is 4.79 Å². The normalized spacial score (nSPS) is 22.9. The quantitative estimate of drug-likeness (QED) is 0.924. The minimum atomic E-state index is -0.340. The van der Waals surface area contributed by atoms with E-state index in [1.807, 2.05) is 49.1 Å². The average molecular weight is 290 g/mol. The Labute approximate surface area is 127 Å². The van der Waals surface area contributed by atoms with Gasteiger partial charge in [-0.05, 0) is 25.8 Å². The van der Waals surface area contributed by atoms with Crippen LogP contribution in [0.4, 0.5) is 0 Å². The monoisotopic (exact) mass is 290 g/mol. The van der Waals surface area contributed by atoms with Gasteiger partial charge in [-0.15, -0.1) is 0 Å². The molecule has 116 valence electrons. The van der Waals surface area contributed by atoms with Crippen LogP contribution in [0, 0.1) is 0 Å². The fourth-order valence-corrected chi connectivity index (χ4v) is 3.04. The summed E-state index contributed by atoms with van der Waals surface area (Å²) in [5, 5.41) is 0. The van der Waals surface area contributed by atoms with Crippen LogP contribution in [-0.4, -0.2) is 42.1 Å². The Morgan fingerprint density at radius 2 is 2.10 bits per heavy atom. The van der Waals surface area contributed by atoms with Gasteiger partial charge in [0.1, 0.15) is 0 Å². The van der Waals surface area contributed by atoms with Crippen LogP contribution < -0.4 is 5.73 Å². The molecule has 1 amide bonds. The van der Waals surface area contributed by atoms with E-state index in [2.05, 4.69) is 6.92 Å². The number of hydrogen-bond acceptors (Lipinski definition) is 3. The molecule has 1 saturated heterocycles. The Morgan fingerprint density at radius 3 is 2.67 bits per heavy atom. The largest absolute Gasteiger partial charge is 0.367 e. The lowest BCUT2D eigenvalue weighted by Crippen LogP contribution is -2.57. The second-order valence-corrected chi connectivity index (χ2v) is 6.33. The molecule has 4 nitrogen and oxygen atoms in total. The Bertz CT molecular complexity index is 473. The van der Waals surface area contributed by atoms with Gasteiger partial charge in [-0.25, -0.2) is 0 Å². The lowest BCUT2D eigenvalue weighted by atomic mass is 9.93. The summed E-state index contributed by atoms with van der Waals surface area (Å²) >= 11 is 0. The molecule has 0 aromatic heterocycles. The molecule has 1 aliphatic heterocycles. The SMILES string of the molecule is CCC(C(=O)N1CC(CN)OC(C)(C)C1)c1ccccc1. The van der Waals surface area contributed by atoms with Gasteiger partial charge >= 0.3 is 0 Å². The van der Waals surface area contributed by atoms with E-state index in [0.29, 0.717) is 19.6 Å². The molecule has 0 aliphatic carbocycles. The molecule has 0 radical (unpaired) electrons. The van der Waals surface area contributed by atoms with E-state index < -0.39 is 0 Å². The van der Waals surface area contributed by atoms with Crippen molar-refractivity contribution >= 4 is 5.91 Å². The van der Waals surface area contributed by atoms with Crippen LogP contribution in [0.25, 0.3) is 0 Å². The van der Waals surface area contributed by atoms with Gasteiger partial charge in [0.2, 0.25) is 5.91 Å². The Hall–Kier alpha value is -1.39. The van der Waals surface area contributed by atoms with Crippen molar-refractivity contribution in [2.75, 3.05) is 19.6 Å². The van der Waals surface area contributed by atoms with Crippen LogP contribution in [0.1, 0.15) is 38.7 Å². The van der Waals surface area contributed by atoms with Crippen LogP contribution in [0.5, 0.6) is 0 Å². The van der Waals surface area contributed by atoms with Gasteiger partial charge in [0.15, 0.2) is 0 Å². The molecule has 2 rings (SSSR count). The molecule has 0 spiro atoms. The number of rotatable bonds is 4. The number of amides is 1. The highest BCUT2D eigenvalue weighted by Gasteiger charge is 2.37. The van der Waals surface area contributed by atoms with Crippen molar-refractivity contribution in [1.82, 2.24) is 4.90 Å². The molecule has 0 bridgehead atoms. The minimum Gasteiger partial charge on any atom is -0.367 e. The van der Waals surface area contributed by atoms with Gasteiger partial charge < -0.3 is 15.4 Å². The van der Waals surface area contributed by atoms with Crippen molar-refractivity contribution < 1.29 is 9.53 Å². The zero-order valence-corrected chi connectivity index (χ0v) is 13.2. The summed E-state index contributed by atoms with van der Waals surface area (Å²) in [5.74, 6) is 0.0945. The third kappa shape index (κ3) is 3.83. The maximum atomic E-state index is 12.9. The van der Waals surface area contributed by atoms with Crippen molar-refractivity contribution in [2.45, 2.75) is 44.8 Å². The summed E-state index contributed by atoms with van der Waals surface area (Å²) in [7, 11) is 0. The second kappa shape index (κ2) is 6.58. The molecule has 1 fully saturated rings. The molecule has 2 atom stereocenters. The first-order valence-electron chi connectivity index (χ1n) is 7.68. The van der Waals surface area contributed by atoms with Gasteiger partial charge in [-0.1, -0.05) is 37.3 Å². The van der Waals surface area contributed by atoms with Crippen molar-refractivity contribution in [3.05, 3.63) is 35.9 Å². The predicted molar refractivity (Wildman–Crippen MR) is 84.1 cm³/mol. The molecular weight excluding hydrogens is 264 g/mol. The van der Waals surface area contributed by atoms with Gasteiger partial charge in [0.05, 0.1) is 17.6 Å². The first kappa shape index (κ1) is 16.0. The summed E-state index contributed by atoms with van der Waals surface area (Å²) in [4.78, 5) is 14.8. The summed E-state index contributed by atoms with van der Waals surface area (Å²) in [6.45, 7) is 7.72. The number of ether oxygens (including phenoxy) is 1. The Balaban J connectivity index is 2.17. The highest BCUT2D eigenvalue weighted by molar-refractivity contribution is 5.84. The van der Waals surface area contributed by atoms with Crippen LogP contribution in [0.15, 0.2) is 30.3 Å². The standard InChI is InChI=1S/C17H26N2O2/c1-4-15(13-8-6-5-7-9-13)16(20)19-11-14(10-18)21-17(2,3)12-19/h5-9,14-15H,4,10-12,18H2,1-3H3. The Morgan fingerprint density at radius 1 is 1.43 bits per heavy atom. The summed E-state index contributed by atoms with van der Waals surface area (Å²) < 4.78 is 5.90. The van der Waals surface area contributed by atoms with Crippen molar-refractivity contribution in [3.8, 4) is 0 Å². The lowest BCUT2D eigenvalue weighted by Gasteiger charge is -2.43. The van der Waals surface area contributed by atoms with Crippen LogP contribution in [-0.2, 0) is 9.53 Å². The summed E-state index contributed by atoms with van der Waals surface area (Å²) in [5.41, 5.74) is 6.49. The highest BCUT2D eigenvalue weighted by Crippen LogP contribution is 2.27. The maximum Gasteiger partial charge on any atom is 0.230 e. The van der Waals surface area contributed by atoms with Crippen LogP contribution in [0.2, 0.25) is 0 Å². The maximum absolute atomic E-state index is 12.9. The number of hydrogen-bond donors (Lipinski definition) is 1. The lowest BCUT2D eigenvalue weighted by molar-refractivity contribution is -0.160. The van der Waals surface area contributed by atoms with E-state index in [4.69, 9.17) is 10.5 Å². The molecule has 1 aromatic rings.